The minimum Gasteiger partial charge on any atom is -0.346 e. The Bertz CT molecular complexity index is 780. The van der Waals surface area contributed by atoms with E-state index in [-0.39, 0.29) is 0 Å². The number of aromatic nitrogens is 2. The van der Waals surface area contributed by atoms with Crippen molar-refractivity contribution in [1.29, 1.82) is 0 Å². The summed E-state index contributed by atoms with van der Waals surface area (Å²) < 4.78 is 2.01. The van der Waals surface area contributed by atoms with Crippen molar-refractivity contribution in [2.24, 2.45) is 0 Å². The van der Waals surface area contributed by atoms with Crippen LogP contribution in [0, 0.1) is 13.8 Å². The van der Waals surface area contributed by atoms with Gasteiger partial charge in [0, 0.05) is 61.7 Å². The SMILES string of the molecule is CCn1cc(CN2CCN(C(=S)Nc3cc(Cl)ccc3C)CC2)c(C)n1. The first-order valence-corrected chi connectivity index (χ1v) is 9.82. The summed E-state index contributed by atoms with van der Waals surface area (Å²) in [4.78, 5) is 4.70. The van der Waals surface area contributed by atoms with Crippen molar-refractivity contribution in [2.45, 2.75) is 33.9 Å². The third-order valence-electron chi connectivity index (χ3n) is 4.87. The van der Waals surface area contributed by atoms with Gasteiger partial charge in [-0.05, 0) is 50.7 Å². The van der Waals surface area contributed by atoms with Crippen molar-refractivity contribution in [3.8, 4) is 0 Å². The molecule has 140 valence electrons. The number of rotatable bonds is 4. The van der Waals surface area contributed by atoms with Crippen molar-refractivity contribution < 1.29 is 0 Å². The molecule has 1 saturated heterocycles. The van der Waals surface area contributed by atoms with Crippen LogP contribution in [0.1, 0.15) is 23.7 Å². The summed E-state index contributed by atoms with van der Waals surface area (Å²) in [5, 5.41) is 9.37. The number of halogens is 1. The minimum absolute atomic E-state index is 0.716. The number of nitrogens with one attached hydrogen (secondary N) is 1. The molecule has 1 aromatic heterocycles. The fourth-order valence-corrected chi connectivity index (χ4v) is 3.61. The normalized spacial score (nSPS) is 15.3. The number of benzene rings is 1. The molecule has 5 nitrogen and oxygen atoms in total. The van der Waals surface area contributed by atoms with Crippen LogP contribution in [0.5, 0.6) is 0 Å². The van der Waals surface area contributed by atoms with E-state index in [1.165, 1.54) is 5.56 Å². The monoisotopic (exact) mass is 391 g/mol. The Kier molecular flexibility index (Phi) is 6.16. The summed E-state index contributed by atoms with van der Waals surface area (Å²) in [5.41, 5.74) is 4.56. The van der Waals surface area contributed by atoms with Crippen molar-refractivity contribution in [3.63, 3.8) is 0 Å². The standard InChI is InChI=1S/C19H26ClN5S/c1-4-25-13-16(15(3)22-25)12-23-7-9-24(10-8-23)19(26)21-18-11-17(20)6-5-14(18)2/h5-6,11,13H,4,7-10,12H2,1-3H3,(H,21,26). The number of thiocarbonyl (C=S) groups is 1. The Labute approximate surface area is 165 Å². The third kappa shape index (κ3) is 4.55. The van der Waals surface area contributed by atoms with Gasteiger partial charge in [0.1, 0.15) is 0 Å². The maximum atomic E-state index is 6.10. The number of hydrogen-bond acceptors (Lipinski definition) is 3. The lowest BCUT2D eigenvalue weighted by Crippen LogP contribution is -2.49. The molecule has 2 heterocycles. The van der Waals surface area contributed by atoms with E-state index in [9.17, 15) is 0 Å². The molecule has 1 N–H and O–H groups in total. The van der Waals surface area contributed by atoms with Crippen molar-refractivity contribution in [2.75, 3.05) is 31.5 Å². The number of hydrogen-bond donors (Lipinski definition) is 1. The molecule has 7 heteroatoms. The summed E-state index contributed by atoms with van der Waals surface area (Å²) in [6, 6.07) is 5.82. The van der Waals surface area contributed by atoms with E-state index in [0.29, 0.717) is 5.02 Å². The van der Waals surface area contributed by atoms with E-state index in [4.69, 9.17) is 23.8 Å². The average Bonchev–Trinajstić information content (AvgIpc) is 2.98. The fraction of sp³-hybridized carbons (Fsp3) is 0.474. The smallest absolute Gasteiger partial charge is 0.173 e. The van der Waals surface area contributed by atoms with E-state index in [0.717, 1.165) is 61.3 Å². The first kappa shape index (κ1) is 19.1. The Balaban J connectivity index is 1.53. The number of anilines is 1. The zero-order valence-corrected chi connectivity index (χ0v) is 17.2. The lowest BCUT2D eigenvalue weighted by atomic mass is 10.2. The van der Waals surface area contributed by atoms with Crippen LogP contribution in [0.15, 0.2) is 24.4 Å². The van der Waals surface area contributed by atoms with Crippen molar-refractivity contribution in [3.05, 3.63) is 46.2 Å². The van der Waals surface area contributed by atoms with Crippen LogP contribution in [0.25, 0.3) is 0 Å². The number of piperazine rings is 1. The van der Waals surface area contributed by atoms with Gasteiger partial charge < -0.3 is 10.2 Å². The molecule has 0 radical (unpaired) electrons. The van der Waals surface area contributed by atoms with Crippen LogP contribution in [-0.2, 0) is 13.1 Å². The predicted octanol–water partition coefficient (Wildman–Crippen LogP) is 3.69. The summed E-state index contributed by atoms with van der Waals surface area (Å²) >= 11 is 11.7. The van der Waals surface area contributed by atoms with Gasteiger partial charge in [-0.25, -0.2) is 0 Å². The Morgan fingerprint density at radius 2 is 1.96 bits per heavy atom. The highest BCUT2D eigenvalue weighted by Gasteiger charge is 2.20. The molecule has 1 aromatic carbocycles. The molecular weight excluding hydrogens is 366 g/mol. The summed E-state index contributed by atoms with van der Waals surface area (Å²) in [5.74, 6) is 0. The van der Waals surface area contributed by atoms with E-state index in [2.05, 4.69) is 47.2 Å². The van der Waals surface area contributed by atoms with Gasteiger partial charge in [0.2, 0.25) is 0 Å². The molecule has 0 atom stereocenters. The molecule has 0 spiro atoms. The quantitative estimate of drug-likeness (QED) is 0.804. The highest BCUT2D eigenvalue weighted by molar-refractivity contribution is 7.80. The highest BCUT2D eigenvalue weighted by atomic mass is 35.5. The summed E-state index contributed by atoms with van der Waals surface area (Å²) in [7, 11) is 0. The average molecular weight is 392 g/mol. The zero-order valence-electron chi connectivity index (χ0n) is 15.6. The fourth-order valence-electron chi connectivity index (χ4n) is 3.15. The molecule has 3 rings (SSSR count). The third-order valence-corrected chi connectivity index (χ3v) is 5.46. The van der Waals surface area contributed by atoms with Crippen LogP contribution in [0.3, 0.4) is 0 Å². The van der Waals surface area contributed by atoms with Gasteiger partial charge in [0.15, 0.2) is 5.11 Å². The Morgan fingerprint density at radius 3 is 2.62 bits per heavy atom. The van der Waals surface area contributed by atoms with Crippen molar-refractivity contribution in [1.82, 2.24) is 19.6 Å². The minimum atomic E-state index is 0.716. The van der Waals surface area contributed by atoms with Crippen LogP contribution >= 0.6 is 23.8 Å². The molecular formula is C19H26ClN5S. The lowest BCUT2D eigenvalue weighted by molar-refractivity contribution is 0.176. The summed E-state index contributed by atoms with van der Waals surface area (Å²) in [6.07, 6.45) is 2.16. The maximum absolute atomic E-state index is 6.10. The molecule has 1 aliphatic heterocycles. The van der Waals surface area contributed by atoms with E-state index >= 15 is 0 Å². The molecule has 0 saturated carbocycles. The second-order valence-corrected chi connectivity index (χ2v) is 7.57. The number of aryl methyl sites for hydroxylation is 3. The van der Waals surface area contributed by atoms with Crippen LogP contribution < -0.4 is 5.32 Å². The Morgan fingerprint density at radius 1 is 1.23 bits per heavy atom. The van der Waals surface area contributed by atoms with Crippen LogP contribution in [-0.4, -0.2) is 50.9 Å². The van der Waals surface area contributed by atoms with Crippen LogP contribution in [0.4, 0.5) is 5.69 Å². The van der Waals surface area contributed by atoms with Gasteiger partial charge in [0.05, 0.1) is 5.69 Å². The lowest BCUT2D eigenvalue weighted by Gasteiger charge is -2.36. The predicted molar refractivity (Wildman–Crippen MR) is 112 cm³/mol. The molecule has 1 aliphatic rings. The van der Waals surface area contributed by atoms with Gasteiger partial charge in [0.25, 0.3) is 0 Å². The second kappa shape index (κ2) is 8.37. The highest BCUT2D eigenvalue weighted by Crippen LogP contribution is 2.21. The molecule has 0 bridgehead atoms. The topological polar surface area (TPSA) is 36.3 Å². The first-order valence-electron chi connectivity index (χ1n) is 9.03. The molecule has 1 fully saturated rings. The second-order valence-electron chi connectivity index (χ2n) is 6.75. The van der Waals surface area contributed by atoms with Gasteiger partial charge >= 0.3 is 0 Å². The molecule has 0 unspecified atom stereocenters. The number of nitrogens with zero attached hydrogens (tertiary/aromatic N) is 4. The van der Waals surface area contributed by atoms with Crippen LogP contribution in [0.2, 0.25) is 5.02 Å². The van der Waals surface area contributed by atoms with E-state index in [1.807, 2.05) is 22.9 Å². The Hall–Kier alpha value is -1.63. The van der Waals surface area contributed by atoms with E-state index < -0.39 is 0 Å². The van der Waals surface area contributed by atoms with E-state index in [1.54, 1.807) is 0 Å². The zero-order chi connectivity index (χ0) is 18.7. The molecule has 0 aliphatic carbocycles. The van der Waals surface area contributed by atoms with Gasteiger partial charge in [-0.1, -0.05) is 17.7 Å². The maximum Gasteiger partial charge on any atom is 0.173 e. The van der Waals surface area contributed by atoms with Gasteiger partial charge in [-0.15, -0.1) is 0 Å². The van der Waals surface area contributed by atoms with Crippen molar-refractivity contribution >= 4 is 34.6 Å². The van der Waals surface area contributed by atoms with Gasteiger partial charge in [-0.2, -0.15) is 5.10 Å². The molecule has 2 aromatic rings. The molecule has 0 amide bonds. The first-order chi connectivity index (χ1) is 12.5. The molecule has 26 heavy (non-hydrogen) atoms. The van der Waals surface area contributed by atoms with Gasteiger partial charge in [-0.3, -0.25) is 9.58 Å². The summed E-state index contributed by atoms with van der Waals surface area (Å²) in [6.45, 7) is 12.0. The largest absolute Gasteiger partial charge is 0.346 e.